The summed E-state index contributed by atoms with van der Waals surface area (Å²) in [6, 6.07) is 13.1. The molecule has 0 saturated heterocycles. The molecule has 2 aromatic carbocycles. The van der Waals surface area contributed by atoms with E-state index in [-0.39, 0.29) is 12.3 Å². The van der Waals surface area contributed by atoms with Crippen LogP contribution in [0.2, 0.25) is 5.02 Å². The maximum absolute atomic E-state index is 12.4. The lowest BCUT2D eigenvalue weighted by Gasteiger charge is -2.13. The van der Waals surface area contributed by atoms with Crippen LogP contribution in [0.15, 0.2) is 47.5 Å². The van der Waals surface area contributed by atoms with Crippen LogP contribution in [0.3, 0.4) is 0 Å². The minimum Gasteiger partial charge on any atom is -0.497 e. The Bertz CT molecular complexity index is 1120. The molecule has 0 saturated carbocycles. The number of rotatable bonds is 5. The average molecular weight is 423 g/mol. The summed E-state index contributed by atoms with van der Waals surface area (Å²) >= 11 is 6.11. The van der Waals surface area contributed by atoms with Crippen molar-refractivity contribution in [2.45, 2.75) is 26.3 Å². The number of aromatic amines is 1. The molecule has 0 bridgehead atoms. The van der Waals surface area contributed by atoms with E-state index < -0.39 is 6.04 Å². The number of hydrogen-bond acceptors (Lipinski definition) is 4. The molecule has 0 spiro atoms. The monoisotopic (exact) mass is 422 g/mol. The van der Waals surface area contributed by atoms with Crippen LogP contribution in [0, 0.1) is 6.92 Å². The van der Waals surface area contributed by atoms with Gasteiger partial charge in [0.15, 0.2) is 0 Å². The molecule has 0 aliphatic carbocycles. The summed E-state index contributed by atoms with van der Waals surface area (Å²) in [6.45, 7) is 4.46. The lowest BCUT2D eigenvalue weighted by Crippen LogP contribution is -2.24. The number of fused-ring (bicyclic) bond motifs is 3. The molecule has 1 aliphatic heterocycles. The highest BCUT2D eigenvalue weighted by molar-refractivity contribution is 6.30. The second-order valence-corrected chi connectivity index (χ2v) is 7.61. The number of methoxy groups -OCH3 is 1. The molecular formula is C23H23ClN4O2. The van der Waals surface area contributed by atoms with E-state index in [4.69, 9.17) is 21.3 Å². The first-order chi connectivity index (χ1) is 14.5. The molecule has 1 aliphatic rings. The molecule has 1 atom stereocenters. The van der Waals surface area contributed by atoms with Gasteiger partial charge in [0.2, 0.25) is 5.91 Å². The highest BCUT2D eigenvalue weighted by Crippen LogP contribution is 2.40. The van der Waals surface area contributed by atoms with Crippen LogP contribution < -0.4 is 10.1 Å². The maximum atomic E-state index is 12.4. The van der Waals surface area contributed by atoms with Crippen molar-refractivity contribution in [2.24, 2.45) is 4.99 Å². The number of H-pyrrole nitrogens is 1. The summed E-state index contributed by atoms with van der Waals surface area (Å²) in [7, 11) is 1.64. The Hall–Kier alpha value is -3.12. The van der Waals surface area contributed by atoms with E-state index >= 15 is 0 Å². The van der Waals surface area contributed by atoms with Gasteiger partial charge in [0.05, 0.1) is 24.9 Å². The van der Waals surface area contributed by atoms with Crippen LogP contribution in [0.25, 0.3) is 11.1 Å². The highest BCUT2D eigenvalue weighted by atomic mass is 35.5. The molecular weight excluding hydrogens is 400 g/mol. The Morgan fingerprint density at radius 3 is 2.67 bits per heavy atom. The van der Waals surface area contributed by atoms with E-state index in [0.717, 1.165) is 45.1 Å². The zero-order valence-corrected chi connectivity index (χ0v) is 17.9. The third kappa shape index (κ3) is 3.71. The van der Waals surface area contributed by atoms with Crippen LogP contribution >= 0.6 is 11.6 Å². The smallest absolute Gasteiger partial charge is 0.222 e. The number of carbonyl (C=O) groups is 1. The molecule has 3 aromatic rings. The number of carbonyl (C=O) groups excluding carboxylic acids is 1. The lowest BCUT2D eigenvalue weighted by atomic mass is 9.92. The normalized spacial score (nSPS) is 14.9. The van der Waals surface area contributed by atoms with Crippen molar-refractivity contribution in [1.29, 1.82) is 0 Å². The summed E-state index contributed by atoms with van der Waals surface area (Å²) < 4.78 is 5.48. The average Bonchev–Trinajstić information content (AvgIpc) is 3.06. The van der Waals surface area contributed by atoms with Crippen molar-refractivity contribution in [3.05, 3.63) is 70.0 Å². The van der Waals surface area contributed by atoms with Gasteiger partial charge < -0.3 is 10.1 Å². The Morgan fingerprint density at radius 2 is 1.97 bits per heavy atom. The Balaban J connectivity index is 1.96. The van der Waals surface area contributed by atoms with E-state index in [0.29, 0.717) is 11.6 Å². The van der Waals surface area contributed by atoms with Crippen molar-refractivity contribution < 1.29 is 9.53 Å². The molecule has 4 rings (SSSR count). The van der Waals surface area contributed by atoms with Gasteiger partial charge in [0.25, 0.3) is 0 Å². The van der Waals surface area contributed by atoms with E-state index in [1.807, 2.05) is 56.3 Å². The first-order valence-corrected chi connectivity index (χ1v) is 10.2. The molecule has 30 heavy (non-hydrogen) atoms. The van der Waals surface area contributed by atoms with E-state index in [2.05, 4.69) is 15.5 Å². The quantitative estimate of drug-likeness (QED) is 0.636. The van der Waals surface area contributed by atoms with Crippen LogP contribution in [-0.4, -0.2) is 35.5 Å². The number of hydrogen-bond donors (Lipinski definition) is 2. The summed E-state index contributed by atoms with van der Waals surface area (Å²) in [5.41, 5.74) is 6.33. The molecule has 7 heteroatoms. The molecule has 1 unspecified atom stereocenters. The minimum absolute atomic E-state index is 0.0585. The van der Waals surface area contributed by atoms with Crippen molar-refractivity contribution in [3.63, 3.8) is 0 Å². The van der Waals surface area contributed by atoms with Crippen molar-refractivity contribution in [3.8, 4) is 16.9 Å². The molecule has 1 amide bonds. The Kier molecular flexibility index (Phi) is 5.59. The number of aryl methyl sites for hydroxylation is 1. The van der Waals surface area contributed by atoms with Crippen molar-refractivity contribution in [2.75, 3.05) is 13.7 Å². The Labute approximate surface area is 180 Å². The number of benzene rings is 2. The summed E-state index contributed by atoms with van der Waals surface area (Å²) in [5, 5.41) is 11.1. The minimum atomic E-state index is -0.416. The molecule has 2 N–H and O–H groups in total. The number of nitrogens with one attached hydrogen (secondary N) is 2. The van der Waals surface area contributed by atoms with Gasteiger partial charge in [-0.3, -0.25) is 14.9 Å². The summed E-state index contributed by atoms with van der Waals surface area (Å²) in [5.74, 6) is 0.678. The molecule has 6 nitrogen and oxygen atoms in total. The van der Waals surface area contributed by atoms with Gasteiger partial charge in [-0.2, -0.15) is 5.10 Å². The fourth-order valence-corrected chi connectivity index (χ4v) is 3.93. The molecule has 2 heterocycles. The molecule has 0 radical (unpaired) electrons. The van der Waals surface area contributed by atoms with Crippen LogP contribution in [0.1, 0.15) is 41.9 Å². The molecule has 154 valence electrons. The number of aromatic nitrogens is 2. The van der Waals surface area contributed by atoms with Crippen molar-refractivity contribution >= 4 is 23.2 Å². The van der Waals surface area contributed by atoms with Crippen molar-refractivity contribution in [1.82, 2.24) is 15.5 Å². The largest absolute Gasteiger partial charge is 0.497 e. The number of amides is 1. The number of halogens is 1. The van der Waals surface area contributed by atoms with Gasteiger partial charge in [0, 0.05) is 34.0 Å². The standard InChI is InChI=1S/C23H23ClN4O2/c1-4-25-20(29)12-19-23-21(13(2)27-28-23)17-10-9-16(30-3)11-18(17)22(26-19)14-5-7-15(24)8-6-14/h5-11,19H,4,12H2,1-3H3,(H,25,29)(H,27,28). The molecule has 0 fully saturated rings. The maximum Gasteiger partial charge on any atom is 0.222 e. The fourth-order valence-electron chi connectivity index (χ4n) is 3.80. The Morgan fingerprint density at radius 1 is 1.20 bits per heavy atom. The summed E-state index contributed by atoms with van der Waals surface area (Å²) in [4.78, 5) is 17.5. The van der Waals surface area contributed by atoms with Gasteiger partial charge in [-0.05, 0) is 49.7 Å². The second kappa shape index (κ2) is 8.32. The topological polar surface area (TPSA) is 79.4 Å². The van der Waals surface area contributed by atoms with Gasteiger partial charge >= 0.3 is 0 Å². The molecule has 1 aromatic heterocycles. The predicted molar refractivity (Wildman–Crippen MR) is 118 cm³/mol. The number of nitrogens with zero attached hydrogens (tertiary/aromatic N) is 2. The summed E-state index contributed by atoms with van der Waals surface area (Å²) in [6.07, 6.45) is 0.216. The van der Waals surface area contributed by atoms with Crippen LogP contribution in [0.5, 0.6) is 5.75 Å². The third-order valence-corrected chi connectivity index (χ3v) is 5.45. The van der Waals surface area contributed by atoms with Gasteiger partial charge in [0.1, 0.15) is 11.8 Å². The van der Waals surface area contributed by atoms with E-state index in [1.165, 1.54) is 0 Å². The van der Waals surface area contributed by atoms with Gasteiger partial charge in [-0.25, -0.2) is 0 Å². The number of ether oxygens (including phenoxy) is 1. The third-order valence-electron chi connectivity index (χ3n) is 5.20. The first-order valence-electron chi connectivity index (χ1n) is 9.86. The zero-order valence-electron chi connectivity index (χ0n) is 17.1. The van der Waals surface area contributed by atoms with E-state index in [1.54, 1.807) is 7.11 Å². The van der Waals surface area contributed by atoms with Crippen LogP contribution in [-0.2, 0) is 4.79 Å². The lowest BCUT2D eigenvalue weighted by molar-refractivity contribution is -0.121. The second-order valence-electron chi connectivity index (χ2n) is 7.18. The van der Waals surface area contributed by atoms with E-state index in [9.17, 15) is 4.79 Å². The SMILES string of the molecule is CCNC(=O)CC1N=C(c2ccc(Cl)cc2)c2cc(OC)ccc2-c2c1n[nH]c2C. The van der Waals surface area contributed by atoms with Gasteiger partial charge in [-0.15, -0.1) is 0 Å². The van der Waals surface area contributed by atoms with Crippen LogP contribution in [0.4, 0.5) is 0 Å². The highest BCUT2D eigenvalue weighted by Gasteiger charge is 2.30. The number of aliphatic imine (C=N–C) groups is 1. The predicted octanol–water partition coefficient (Wildman–Crippen LogP) is 4.47. The van der Waals surface area contributed by atoms with Gasteiger partial charge in [-0.1, -0.05) is 23.7 Å². The fraction of sp³-hybridized carbons (Fsp3) is 0.261. The first kappa shape index (κ1) is 20.2. The zero-order chi connectivity index (χ0) is 21.3.